The van der Waals surface area contributed by atoms with Crippen LogP contribution in [-0.2, 0) is 32.5 Å². The Balaban J connectivity index is 1.57. The Labute approximate surface area is 247 Å². The van der Waals surface area contributed by atoms with E-state index in [1.165, 1.54) is 31.0 Å². The van der Waals surface area contributed by atoms with Crippen molar-refractivity contribution in [1.29, 1.82) is 0 Å². The average molecular weight is 598 g/mol. The summed E-state index contributed by atoms with van der Waals surface area (Å²) in [6.07, 6.45) is 6.60. The number of aliphatic hydroxyl groups is 1. The first-order chi connectivity index (χ1) is 19.7. The lowest BCUT2D eigenvalue weighted by atomic mass is 9.96. The van der Waals surface area contributed by atoms with Crippen LogP contribution in [0.2, 0.25) is 0 Å². The van der Waals surface area contributed by atoms with E-state index in [1.54, 1.807) is 30.3 Å². The van der Waals surface area contributed by atoms with Crippen molar-refractivity contribution in [2.45, 2.75) is 79.8 Å². The quantitative estimate of drug-likeness (QED) is 0.165. The molecule has 3 aromatic rings. The number of aliphatic hydroxyl groups excluding tert-OH is 1. The van der Waals surface area contributed by atoms with Gasteiger partial charge in [-0.3, -0.25) is 4.79 Å². The Bertz CT molecular complexity index is 1350. The maximum atomic E-state index is 12.8. The molecule has 0 heterocycles. The Morgan fingerprint density at radius 2 is 1.32 bits per heavy atom. The van der Waals surface area contributed by atoms with E-state index in [9.17, 15) is 28.2 Å². The average Bonchev–Trinajstić information content (AvgIpc) is 2.97. The van der Waals surface area contributed by atoms with E-state index < -0.39 is 38.5 Å². The number of thioether (sulfide) groups is 1. The maximum Gasteiger partial charge on any atom is 0.334 e. The Morgan fingerprint density at radius 3 is 1.95 bits per heavy atom. The van der Waals surface area contributed by atoms with Crippen LogP contribution in [0.5, 0.6) is 0 Å². The molecule has 7 nitrogen and oxygen atoms in total. The molecule has 220 valence electrons. The van der Waals surface area contributed by atoms with E-state index >= 15 is 0 Å². The van der Waals surface area contributed by atoms with Crippen LogP contribution in [0.1, 0.15) is 67.4 Å². The zero-order valence-corrected chi connectivity index (χ0v) is 24.9. The standard InChI is InChI=1S/C32H39NO6S2/c1-24(31(35)33-41(38,39)27-21-12-7-13-22-27)40-30(29(34)32(36)37)28-23-15-14-20-26(28)19-11-5-3-2-4-8-16-25-17-9-6-10-18-25/h6-7,9-10,12-15,17-18,20-24,29-30,34H,2-5,8,11,16,19H2,1H3,(H,33,35)(H,36,37). The molecule has 1 amide bonds. The van der Waals surface area contributed by atoms with Crippen LogP contribution in [-0.4, -0.2) is 41.9 Å². The summed E-state index contributed by atoms with van der Waals surface area (Å²) >= 11 is 0.936. The Morgan fingerprint density at radius 1 is 0.780 bits per heavy atom. The van der Waals surface area contributed by atoms with Crippen LogP contribution in [0.3, 0.4) is 0 Å². The van der Waals surface area contributed by atoms with Crippen molar-refractivity contribution in [3.05, 3.63) is 102 Å². The molecule has 3 atom stereocenters. The van der Waals surface area contributed by atoms with Gasteiger partial charge < -0.3 is 10.2 Å². The van der Waals surface area contributed by atoms with Gasteiger partial charge in [0.1, 0.15) is 0 Å². The third kappa shape index (κ3) is 10.3. The van der Waals surface area contributed by atoms with Crippen molar-refractivity contribution in [3.8, 4) is 0 Å². The number of aliphatic carboxylic acids is 1. The molecule has 0 saturated heterocycles. The number of carboxylic acid groups (broad SMARTS) is 1. The third-order valence-corrected chi connectivity index (χ3v) is 9.70. The number of hydrogen-bond acceptors (Lipinski definition) is 6. The highest BCUT2D eigenvalue weighted by Crippen LogP contribution is 2.38. The van der Waals surface area contributed by atoms with Crippen molar-refractivity contribution in [1.82, 2.24) is 4.72 Å². The van der Waals surface area contributed by atoms with E-state index in [1.807, 2.05) is 18.2 Å². The highest BCUT2D eigenvalue weighted by Gasteiger charge is 2.33. The molecular formula is C32H39NO6S2. The second-order valence-corrected chi connectivity index (χ2v) is 13.2. The molecule has 3 aromatic carbocycles. The fourth-order valence-electron chi connectivity index (χ4n) is 4.64. The molecule has 3 unspecified atom stereocenters. The Hall–Kier alpha value is -3.14. The molecule has 0 fully saturated rings. The molecule has 0 radical (unpaired) electrons. The first-order valence-electron chi connectivity index (χ1n) is 14.0. The number of nitrogens with one attached hydrogen (secondary N) is 1. The van der Waals surface area contributed by atoms with Crippen molar-refractivity contribution >= 4 is 33.7 Å². The number of carbonyl (C=O) groups is 2. The number of carboxylic acids is 1. The largest absolute Gasteiger partial charge is 0.479 e. The number of carbonyl (C=O) groups excluding carboxylic acids is 1. The zero-order valence-electron chi connectivity index (χ0n) is 23.3. The van der Waals surface area contributed by atoms with Crippen molar-refractivity contribution < 1.29 is 28.2 Å². The number of benzene rings is 3. The third-order valence-electron chi connectivity index (χ3n) is 6.91. The summed E-state index contributed by atoms with van der Waals surface area (Å²) in [4.78, 5) is 24.6. The number of aryl methyl sites for hydroxylation is 2. The summed E-state index contributed by atoms with van der Waals surface area (Å²) in [7, 11) is -4.08. The highest BCUT2D eigenvalue weighted by atomic mass is 32.2. The van der Waals surface area contributed by atoms with Crippen LogP contribution >= 0.6 is 11.8 Å². The van der Waals surface area contributed by atoms with Crippen molar-refractivity contribution in [2.75, 3.05) is 0 Å². The maximum absolute atomic E-state index is 12.8. The minimum atomic E-state index is -4.08. The second-order valence-electron chi connectivity index (χ2n) is 10.1. The number of unbranched alkanes of at least 4 members (excludes halogenated alkanes) is 5. The summed E-state index contributed by atoms with van der Waals surface area (Å²) < 4.78 is 27.3. The predicted molar refractivity (Wildman–Crippen MR) is 163 cm³/mol. The molecule has 0 aliphatic heterocycles. The van der Waals surface area contributed by atoms with Gasteiger partial charge in [-0.2, -0.15) is 0 Å². The van der Waals surface area contributed by atoms with Gasteiger partial charge in [0.15, 0.2) is 6.10 Å². The fraction of sp³-hybridized carbons (Fsp3) is 0.375. The monoisotopic (exact) mass is 597 g/mol. The van der Waals surface area contributed by atoms with Gasteiger partial charge in [-0.15, -0.1) is 11.8 Å². The molecule has 3 rings (SSSR count). The van der Waals surface area contributed by atoms with Crippen LogP contribution in [0.25, 0.3) is 0 Å². The summed E-state index contributed by atoms with van der Waals surface area (Å²) in [5, 5.41) is 18.3. The highest BCUT2D eigenvalue weighted by molar-refractivity contribution is 8.01. The Kier molecular flexibility index (Phi) is 12.9. The lowest BCUT2D eigenvalue weighted by Gasteiger charge is -2.25. The topological polar surface area (TPSA) is 121 Å². The van der Waals surface area contributed by atoms with Gasteiger partial charge >= 0.3 is 5.97 Å². The van der Waals surface area contributed by atoms with Crippen LogP contribution in [0.15, 0.2) is 89.8 Å². The van der Waals surface area contributed by atoms with Gasteiger partial charge in [-0.1, -0.05) is 98.5 Å². The summed E-state index contributed by atoms with van der Waals surface area (Å²) in [6.45, 7) is 1.50. The lowest BCUT2D eigenvalue weighted by molar-refractivity contribution is -0.146. The molecule has 3 N–H and O–H groups in total. The molecule has 0 saturated carbocycles. The van der Waals surface area contributed by atoms with E-state index in [0.717, 1.165) is 55.9 Å². The molecule has 9 heteroatoms. The molecule has 0 bridgehead atoms. The SMILES string of the molecule is CC(SC(c1ccccc1CCCCCCCCc1ccccc1)C(O)C(=O)O)C(=O)NS(=O)(=O)c1ccccc1. The minimum absolute atomic E-state index is 0.0470. The normalized spacial score (nSPS) is 13.7. The smallest absolute Gasteiger partial charge is 0.334 e. The fourth-order valence-corrected chi connectivity index (χ4v) is 7.05. The number of hydrogen-bond donors (Lipinski definition) is 3. The minimum Gasteiger partial charge on any atom is -0.479 e. The van der Waals surface area contributed by atoms with Gasteiger partial charge in [0.2, 0.25) is 5.91 Å². The predicted octanol–water partition coefficient (Wildman–Crippen LogP) is 5.93. The number of sulfonamides is 1. The van der Waals surface area contributed by atoms with Gasteiger partial charge in [0.25, 0.3) is 10.0 Å². The first-order valence-corrected chi connectivity index (χ1v) is 16.4. The summed E-state index contributed by atoms with van der Waals surface area (Å²) in [5.41, 5.74) is 2.92. The van der Waals surface area contributed by atoms with Gasteiger partial charge in [0, 0.05) is 0 Å². The van der Waals surface area contributed by atoms with Gasteiger partial charge in [0.05, 0.1) is 15.4 Å². The van der Waals surface area contributed by atoms with Crippen LogP contribution < -0.4 is 4.72 Å². The lowest BCUT2D eigenvalue weighted by Crippen LogP contribution is -2.37. The van der Waals surface area contributed by atoms with E-state index in [0.29, 0.717) is 12.0 Å². The molecule has 0 aliphatic rings. The van der Waals surface area contributed by atoms with Crippen LogP contribution in [0, 0.1) is 0 Å². The molecule has 0 spiro atoms. The number of rotatable bonds is 17. The van der Waals surface area contributed by atoms with Crippen LogP contribution in [0.4, 0.5) is 0 Å². The molecule has 0 aromatic heterocycles. The van der Waals surface area contributed by atoms with Crippen molar-refractivity contribution in [3.63, 3.8) is 0 Å². The summed E-state index contributed by atoms with van der Waals surface area (Å²) in [6, 6.07) is 25.4. The molecule has 0 aliphatic carbocycles. The summed E-state index contributed by atoms with van der Waals surface area (Å²) in [5.74, 6) is -2.19. The van der Waals surface area contributed by atoms with E-state index in [2.05, 4.69) is 29.0 Å². The molecular weight excluding hydrogens is 558 g/mol. The number of amides is 1. The zero-order chi connectivity index (χ0) is 29.7. The van der Waals surface area contributed by atoms with Gasteiger partial charge in [-0.05, 0) is 61.4 Å². The first kappa shape index (κ1) is 32.4. The van der Waals surface area contributed by atoms with Gasteiger partial charge in [-0.25, -0.2) is 17.9 Å². The van der Waals surface area contributed by atoms with Crippen molar-refractivity contribution in [2.24, 2.45) is 0 Å². The van der Waals surface area contributed by atoms with E-state index in [4.69, 9.17) is 0 Å². The second kappa shape index (κ2) is 16.3. The molecule has 41 heavy (non-hydrogen) atoms. The van der Waals surface area contributed by atoms with E-state index in [-0.39, 0.29) is 4.90 Å².